The molecule has 2 aromatic rings. The highest BCUT2D eigenvalue weighted by Gasteiger charge is 2.32. The van der Waals surface area contributed by atoms with E-state index in [1.54, 1.807) is 12.3 Å². The van der Waals surface area contributed by atoms with E-state index >= 15 is 0 Å². The Kier molecular flexibility index (Phi) is 4.63. The number of aromatic amines is 1. The molecule has 4 nitrogen and oxygen atoms in total. The van der Waals surface area contributed by atoms with Gasteiger partial charge in [0.25, 0.3) is 0 Å². The fraction of sp³-hybridized carbons (Fsp3) is 0.526. The van der Waals surface area contributed by atoms with Gasteiger partial charge in [-0.2, -0.15) is 0 Å². The lowest BCUT2D eigenvalue weighted by Gasteiger charge is -2.41. The second-order valence-corrected chi connectivity index (χ2v) is 6.81. The van der Waals surface area contributed by atoms with Crippen LogP contribution in [-0.2, 0) is 4.74 Å². The Labute approximate surface area is 142 Å². The van der Waals surface area contributed by atoms with Crippen molar-refractivity contribution in [2.24, 2.45) is 0 Å². The van der Waals surface area contributed by atoms with E-state index in [0.29, 0.717) is 12.6 Å². The SMILES string of the molecule is Fc1cccc(-c2cnc([C@@H]3COCCN3C3CCCCC3)[nH]2)c1. The molecule has 1 aromatic heterocycles. The number of rotatable bonds is 3. The van der Waals surface area contributed by atoms with Gasteiger partial charge in [0.05, 0.1) is 31.1 Å². The van der Waals surface area contributed by atoms with Crippen LogP contribution in [-0.4, -0.2) is 40.7 Å². The van der Waals surface area contributed by atoms with Crippen LogP contribution in [0.5, 0.6) is 0 Å². The number of nitrogens with one attached hydrogen (secondary N) is 1. The highest BCUT2D eigenvalue weighted by Crippen LogP contribution is 2.32. The van der Waals surface area contributed by atoms with Gasteiger partial charge < -0.3 is 9.72 Å². The molecule has 1 saturated carbocycles. The fourth-order valence-electron chi connectivity index (χ4n) is 4.01. The van der Waals surface area contributed by atoms with E-state index in [2.05, 4.69) is 14.9 Å². The van der Waals surface area contributed by atoms with Crippen LogP contribution in [0, 0.1) is 5.82 Å². The average molecular weight is 329 g/mol. The van der Waals surface area contributed by atoms with Crippen LogP contribution in [0.15, 0.2) is 30.5 Å². The first-order chi connectivity index (χ1) is 11.8. The lowest BCUT2D eigenvalue weighted by molar-refractivity contribution is -0.0400. The molecule has 24 heavy (non-hydrogen) atoms. The second kappa shape index (κ2) is 7.03. The number of aromatic nitrogens is 2. The normalized spacial score (nSPS) is 23.5. The Morgan fingerprint density at radius 3 is 2.92 bits per heavy atom. The maximum absolute atomic E-state index is 13.5. The zero-order valence-corrected chi connectivity index (χ0v) is 13.9. The maximum Gasteiger partial charge on any atom is 0.126 e. The number of hydrogen-bond donors (Lipinski definition) is 1. The highest BCUT2D eigenvalue weighted by atomic mass is 19.1. The molecular formula is C19H24FN3O. The van der Waals surface area contributed by atoms with Gasteiger partial charge in [-0.3, -0.25) is 4.90 Å². The van der Waals surface area contributed by atoms with E-state index in [0.717, 1.165) is 30.2 Å². The van der Waals surface area contributed by atoms with E-state index in [1.165, 1.54) is 44.2 Å². The largest absolute Gasteiger partial charge is 0.378 e. The third kappa shape index (κ3) is 3.23. The molecule has 0 bridgehead atoms. The van der Waals surface area contributed by atoms with Crippen molar-refractivity contribution in [2.45, 2.75) is 44.2 Å². The number of morpholine rings is 1. The van der Waals surface area contributed by atoms with E-state index in [-0.39, 0.29) is 11.9 Å². The van der Waals surface area contributed by atoms with E-state index in [9.17, 15) is 4.39 Å². The monoisotopic (exact) mass is 329 g/mol. The van der Waals surface area contributed by atoms with Gasteiger partial charge in [0.15, 0.2) is 0 Å². The number of halogens is 1. The number of nitrogens with zero attached hydrogens (tertiary/aromatic N) is 2. The van der Waals surface area contributed by atoms with Gasteiger partial charge in [-0.1, -0.05) is 31.4 Å². The van der Waals surface area contributed by atoms with Gasteiger partial charge >= 0.3 is 0 Å². The first kappa shape index (κ1) is 15.8. The summed E-state index contributed by atoms with van der Waals surface area (Å²) in [5, 5.41) is 0. The molecule has 2 aliphatic rings. The molecule has 4 rings (SSSR count). The van der Waals surface area contributed by atoms with Gasteiger partial charge in [-0.15, -0.1) is 0 Å². The lowest BCUT2D eigenvalue weighted by Crippen LogP contribution is -2.46. The highest BCUT2D eigenvalue weighted by molar-refractivity contribution is 5.58. The third-order valence-corrected chi connectivity index (χ3v) is 5.26. The van der Waals surface area contributed by atoms with Gasteiger partial charge in [-0.25, -0.2) is 9.37 Å². The summed E-state index contributed by atoms with van der Waals surface area (Å²) < 4.78 is 19.2. The van der Waals surface area contributed by atoms with E-state index in [1.807, 2.05) is 6.07 Å². The van der Waals surface area contributed by atoms with E-state index in [4.69, 9.17) is 4.74 Å². The minimum atomic E-state index is -0.228. The fourth-order valence-corrected chi connectivity index (χ4v) is 4.01. The minimum absolute atomic E-state index is 0.171. The van der Waals surface area contributed by atoms with Crippen LogP contribution in [0.3, 0.4) is 0 Å². The summed E-state index contributed by atoms with van der Waals surface area (Å²) in [7, 11) is 0. The molecule has 0 radical (unpaired) electrons. The van der Waals surface area contributed by atoms with Crippen molar-refractivity contribution in [1.82, 2.24) is 14.9 Å². The Bertz CT molecular complexity index is 681. The zero-order chi connectivity index (χ0) is 16.4. The van der Waals surface area contributed by atoms with Crippen molar-refractivity contribution in [2.75, 3.05) is 19.8 Å². The molecule has 128 valence electrons. The summed E-state index contributed by atoms with van der Waals surface area (Å²) in [6.45, 7) is 2.43. The first-order valence-electron chi connectivity index (χ1n) is 8.95. The van der Waals surface area contributed by atoms with Crippen LogP contribution in [0.2, 0.25) is 0 Å². The number of hydrogen-bond acceptors (Lipinski definition) is 3. The van der Waals surface area contributed by atoms with Gasteiger partial charge in [0.1, 0.15) is 11.6 Å². The topological polar surface area (TPSA) is 41.1 Å². The molecule has 5 heteroatoms. The van der Waals surface area contributed by atoms with Gasteiger partial charge in [-0.05, 0) is 25.0 Å². The smallest absolute Gasteiger partial charge is 0.126 e. The Balaban J connectivity index is 1.57. The predicted molar refractivity (Wildman–Crippen MR) is 91.1 cm³/mol. The molecule has 1 aliphatic heterocycles. The van der Waals surface area contributed by atoms with Crippen molar-refractivity contribution in [3.8, 4) is 11.3 Å². The molecule has 0 amide bonds. The summed E-state index contributed by atoms with van der Waals surface area (Å²) >= 11 is 0. The van der Waals surface area contributed by atoms with Gasteiger partial charge in [0, 0.05) is 18.2 Å². The standard InChI is InChI=1S/C19H24FN3O/c20-15-6-4-5-14(11-15)17-12-21-19(22-17)18-13-24-10-9-23(18)16-7-2-1-3-8-16/h4-6,11-12,16,18H,1-3,7-10,13H2,(H,21,22)/t18-/m0/s1. The Hall–Kier alpha value is -1.72. The third-order valence-electron chi connectivity index (χ3n) is 5.26. The van der Waals surface area contributed by atoms with Crippen LogP contribution in [0.25, 0.3) is 11.3 Å². The number of benzene rings is 1. The van der Waals surface area contributed by atoms with Crippen molar-refractivity contribution >= 4 is 0 Å². The molecule has 1 aromatic carbocycles. The summed E-state index contributed by atoms with van der Waals surface area (Å²) in [4.78, 5) is 10.6. The Morgan fingerprint density at radius 2 is 2.08 bits per heavy atom. The molecule has 1 saturated heterocycles. The van der Waals surface area contributed by atoms with Crippen LogP contribution in [0.4, 0.5) is 4.39 Å². The van der Waals surface area contributed by atoms with Crippen molar-refractivity contribution in [3.05, 3.63) is 42.1 Å². The van der Waals surface area contributed by atoms with Gasteiger partial charge in [0.2, 0.25) is 0 Å². The summed E-state index contributed by atoms with van der Waals surface area (Å²) in [5.41, 5.74) is 1.69. The summed E-state index contributed by atoms with van der Waals surface area (Å²) in [6, 6.07) is 7.42. The average Bonchev–Trinajstić information content (AvgIpc) is 3.12. The van der Waals surface area contributed by atoms with Crippen molar-refractivity contribution in [1.29, 1.82) is 0 Å². The first-order valence-corrected chi connectivity index (χ1v) is 8.95. The van der Waals surface area contributed by atoms with E-state index < -0.39 is 0 Å². The number of H-pyrrole nitrogens is 1. The second-order valence-electron chi connectivity index (χ2n) is 6.81. The lowest BCUT2D eigenvalue weighted by atomic mass is 9.93. The minimum Gasteiger partial charge on any atom is -0.378 e. The number of ether oxygens (including phenoxy) is 1. The Morgan fingerprint density at radius 1 is 1.21 bits per heavy atom. The molecule has 1 atom stereocenters. The van der Waals surface area contributed by atoms with Crippen LogP contribution in [0.1, 0.15) is 44.0 Å². The molecular weight excluding hydrogens is 305 g/mol. The zero-order valence-electron chi connectivity index (χ0n) is 13.9. The number of imidazole rings is 1. The van der Waals surface area contributed by atoms with Crippen molar-refractivity contribution in [3.63, 3.8) is 0 Å². The molecule has 0 spiro atoms. The molecule has 2 heterocycles. The molecule has 0 unspecified atom stereocenters. The van der Waals surface area contributed by atoms with Crippen LogP contribution >= 0.6 is 0 Å². The maximum atomic E-state index is 13.5. The molecule has 1 aliphatic carbocycles. The van der Waals surface area contributed by atoms with Crippen LogP contribution < -0.4 is 0 Å². The summed E-state index contributed by atoms with van der Waals surface area (Å²) in [6.07, 6.45) is 8.35. The van der Waals surface area contributed by atoms with Crippen molar-refractivity contribution < 1.29 is 9.13 Å². The predicted octanol–water partition coefficient (Wildman–Crippen LogP) is 3.92. The summed E-state index contributed by atoms with van der Waals surface area (Å²) in [5.74, 6) is 0.702. The molecule has 1 N–H and O–H groups in total. The molecule has 2 fully saturated rings. The quantitative estimate of drug-likeness (QED) is 0.928.